The van der Waals surface area contributed by atoms with Crippen molar-refractivity contribution < 1.29 is 18.7 Å². The Morgan fingerprint density at radius 3 is 2.43 bits per heavy atom. The van der Waals surface area contributed by atoms with Crippen LogP contribution in [0.3, 0.4) is 0 Å². The van der Waals surface area contributed by atoms with E-state index >= 15 is 0 Å². The van der Waals surface area contributed by atoms with Gasteiger partial charge < -0.3 is 15.4 Å². The van der Waals surface area contributed by atoms with E-state index in [-0.39, 0.29) is 5.69 Å². The first-order valence-electron chi connectivity index (χ1n) is 6.11. The lowest BCUT2D eigenvalue weighted by molar-refractivity contribution is -0.133. The first-order valence-corrected chi connectivity index (χ1v) is 6.11. The van der Waals surface area contributed by atoms with Crippen LogP contribution in [0.25, 0.3) is 0 Å². The minimum atomic E-state index is -0.897. The zero-order valence-corrected chi connectivity index (χ0v) is 11.2. The van der Waals surface area contributed by atoms with E-state index in [2.05, 4.69) is 10.6 Å². The number of benzene rings is 2. The van der Waals surface area contributed by atoms with Crippen molar-refractivity contribution in [2.45, 2.75) is 0 Å². The molecule has 6 heteroatoms. The molecule has 0 atom stereocenters. The van der Waals surface area contributed by atoms with Crippen molar-refractivity contribution in [3.8, 4) is 5.75 Å². The number of amides is 2. The molecule has 2 rings (SSSR count). The normalized spacial score (nSPS) is 9.81. The molecular weight excluding hydrogens is 275 g/mol. The van der Waals surface area contributed by atoms with Crippen LogP contribution in [0, 0.1) is 5.82 Å². The molecule has 2 aromatic rings. The van der Waals surface area contributed by atoms with Gasteiger partial charge in [-0.25, -0.2) is 4.39 Å². The number of carbonyl (C=O) groups is 2. The number of carbonyl (C=O) groups excluding carboxylic acids is 2. The lowest BCUT2D eigenvalue weighted by Gasteiger charge is -2.09. The third-order valence-corrected chi connectivity index (χ3v) is 2.64. The third-order valence-electron chi connectivity index (χ3n) is 2.64. The van der Waals surface area contributed by atoms with Crippen molar-refractivity contribution >= 4 is 23.2 Å². The lowest BCUT2D eigenvalue weighted by atomic mass is 10.3. The van der Waals surface area contributed by atoms with Crippen LogP contribution in [0.4, 0.5) is 15.8 Å². The number of nitrogens with one attached hydrogen (secondary N) is 2. The molecule has 2 N–H and O–H groups in total. The number of hydrogen-bond acceptors (Lipinski definition) is 3. The van der Waals surface area contributed by atoms with E-state index in [0.717, 1.165) is 6.07 Å². The predicted molar refractivity (Wildman–Crippen MR) is 76.7 cm³/mol. The van der Waals surface area contributed by atoms with Crippen LogP contribution in [0.15, 0.2) is 48.5 Å². The Morgan fingerprint density at radius 2 is 1.71 bits per heavy atom. The fourth-order valence-electron chi connectivity index (χ4n) is 1.68. The Morgan fingerprint density at radius 1 is 1.00 bits per heavy atom. The second-order valence-electron chi connectivity index (χ2n) is 4.12. The third kappa shape index (κ3) is 3.79. The standard InChI is InChI=1S/C15H13FN2O3/c1-21-13-8-3-2-7-12(13)18-15(20)14(19)17-11-6-4-5-10(16)9-11/h2-9H,1H3,(H,17,19)(H,18,20). The first-order chi connectivity index (χ1) is 10.1. The van der Waals surface area contributed by atoms with E-state index in [1.165, 1.54) is 25.3 Å². The zero-order valence-electron chi connectivity index (χ0n) is 11.2. The van der Waals surface area contributed by atoms with Crippen molar-refractivity contribution in [1.82, 2.24) is 0 Å². The highest BCUT2D eigenvalue weighted by Crippen LogP contribution is 2.22. The van der Waals surface area contributed by atoms with Crippen molar-refractivity contribution in [3.63, 3.8) is 0 Å². The molecular formula is C15H13FN2O3. The topological polar surface area (TPSA) is 67.4 Å². The number of para-hydroxylation sites is 2. The van der Waals surface area contributed by atoms with Gasteiger partial charge in [-0.05, 0) is 30.3 Å². The molecule has 0 unspecified atom stereocenters. The Hall–Kier alpha value is -2.89. The van der Waals surface area contributed by atoms with E-state index in [1.807, 2.05) is 0 Å². The fraction of sp³-hybridized carbons (Fsp3) is 0.0667. The number of ether oxygens (including phenoxy) is 1. The van der Waals surface area contributed by atoms with Gasteiger partial charge in [-0.15, -0.1) is 0 Å². The van der Waals surface area contributed by atoms with Crippen molar-refractivity contribution in [3.05, 3.63) is 54.3 Å². The summed E-state index contributed by atoms with van der Waals surface area (Å²) in [5.41, 5.74) is 0.578. The van der Waals surface area contributed by atoms with Gasteiger partial charge >= 0.3 is 11.8 Å². The van der Waals surface area contributed by atoms with Gasteiger partial charge in [0.05, 0.1) is 12.8 Å². The highest BCUT2D eigenvalue weighted by atomic mass is 19.1. The van der Waals surface area contributed by atoms with Crippen LogP contribution in [0.1, 0.15) is 0 Å². The van der Waals surface area contributed by atoms with Gasteiger partial charge in [-0.2, -0.15) is 0 Å². The molecule has 0 aliphatic carbocycles. The maximum absolute atomic E-state index is 13.0. The minimum absolute atomic E-state index is 0.204. The summed E-state index contributed by atoms with van der Waals surface area (Å²) in [7, 11) is 1.46. The van der Waals surface area contributed by atoms with Crippen LogP contribution in [0.5, 0.6) is 5.75 Å². The predicted octanol–water partition coefficient (Wildman–Crippen LogP) is 2.41. The molecule has 0 bridgehead atoms. The summed E-state index contributed by atoms with van der Waals surface area (Å²) in [6.07, 6.45) is 0. The SMILES string of the molecule is COc1ccccc1NC(=O)C(=O)Nc1cccc(F)c1. The molecule has 0 fully saturated rings. The van der Waals surface area contributed by atoms with Crippen molar-refractivity contribution in [2.75, 3.05) is 17.7 Å². The summed E-state index contributed by atoms with van der Waals surface area (Å²) in [5.74, 6) is -1.84. The largest absolute Gasteiger partial charge is 0.495 e. The minimum Gasteiger partial charge on any atom is -0.495 e. The van der Waals surface area contributed by atoms with Crippen LogP contribution >= 0.6 is 0 Å². The molecule has 5 nitrogen and oxygen atoms in total. The van der Waals surface area contributed by atoms with Crippen LogP contribution in [-0.2, 0) is 9.59 Å². The van der Waals surface area contributed by atoms with E-state index in [4.69, 9.17) is 4.74 Å². The molecule has 0 saturated carbocycles. The highest BCUT2D eigenvalue weighted by Gasteiger charge is 2.15. The summed E-state index contributed by atoms with van der Waals surface area (Å²) >= 11 is 0. The van der Waals surface area contributed by atoms with Gasteiger partial charge in [-0.3, -0.25) is 9.59 Å². The molecule has 0 saturated heterocycles. The summed E-state index contributed by atoms with van der Waals surface area (Å²) < 4.78 is 18.1. The molecule has 0 aromatic heterocycles. The second-order valence-corrected chi connectivity index (χ2v) is 4.12. The second kappa shape index (κ2) is 6.51. The summed E-state index contributed by atoms with van der Waals surface area (Å²) in [6, 6.07) is 12.0. The Labute approximate surface area is 120 Å². The monoisotopic (exact) mass is 288 g/mol. The van der Waals surface area contributed by atoms with Crippen LogP contribution in [-0.4, -0.2) is 18.9 Å². The average Bonchev–Trinajstić information content (AvgIpc) is 2.47. The summed E-state index contributed by atoms with van der Waals surface area (Å²) in [4.78, 5) is 23.5. The van der Waals surface area contributed by atoms with E-state index < -0.39 is 17.6 Å². The molecule has 2 amide bonds. The number of methoxy groups -OCH3 is 1. The van der Waals surface area contributed by atoms with Gasteiger partial charge in [0, 0.05) is 5.69 Å². The van der Waals surface area contributed by atoms with Gasteiger partial charge in [0.2, 0.25) is 0 Å². The summed E-state index contributed by atoms with van der Waals surface area (Å²) in [6.45, 7) is 0. The van der Waals surface area contributed by atoms with E-state index in [1.54, 1.807) is 24.3 Å². The number of hydrogen-bond donors (Lipinski definition) is 2. The number of anilines is 2. The van der Waals surface area contributed by atoms with E-state index in [9.17, 15) is 14.0 Å². The molecule has 2 aromatic carbocycles. The molecule has 108 valence electrons. The molecule has 0 radical (unpaired) electrons. The molecule has 0 spiro atoms. The molecule has 0 heterocycles. The van der Waals surface area contributed by atoms with Crippen LogP contribution < -0.4 is 15.4 Å². The highest BCUT2D eigenvalue weighted by molar-refractivity contribution is 6.43. The van der Waals surface area contributed by atoms with Gasteiger partial charge in [0.15, 0.2) is 0 Å². The maximum Gasteiger partial charge on any atom is 0.314 e. The quantitative estimate of drug-likeness (QED) is 0.852. The summed E-state index contributed by atoms with van der Waals surface area (Å²) in [5, 5.41) is 4.73. The molecule has 21 heavy (non-hydrogen) atoms. The first kappa shape index (κ1) is 14.5. The van der Waals surface area contributed by atoms with Gasteiger partial charge in [0.25, 0.3) is 0 Å². The smallest absolute Gasteiger partial charge is 0.314 e. The van der Waals surface area contributed by atoms with Gasteiger partial charge in [-0.1, -0.05) is 18.2 Å². The number of rotatable bonds is 3. The van der Waals surface area contributed by atoms with Crippen molar-refractivity contribution in [1.29, 1.82) is 0 Å². The van der Waals surface area contributed by atoms with Crippen molar-refractivity contribution in [2.24, 2.45) is 0 Å². The number of halogens is 1. The lowest BCUT2D eigenvalue weighted by Crippen LogP contribution is -2.29. The maximum atomic E-state index is 13.0. The molecule has 0 aliphatic rings. The zero-order chi connectivity index (χ0) is 15.2. The average molecular weight is 288 g/mol. The van der Waals surface area contributed by atoms with E-state index in [0.29, 0.717) is 11.4 Å². The Kier molecular flexibility index (Phi) is 4.50. The molecule has 0 aliphatic heterocycles. The fourth-order valence-corrected chi connectivity index (χ4v) is 1.68. The van der Waals surface area contributed by atoms with Gasteiger partial charge in [0.1, 0.15) is 11.6 Å². The van der Waals surface area contributed by atoms with Crippen LogP contribution in [0.2, 0.25) is 0 Å². The Bertz CT molecular complexity index is 673. The Balaban J connectivity index is 2.04.